The summed E-state index contributed by atoms with van der Waals surface area (Å²) in [6.07, 6.45) is 0. The lowest BCUT2D eigenvalue weighted by Gasteiger charge is -2.32. The van der Waals surface area contributed by atoms with E-state index in [1.807, 2.05) is 5.32 Å². The second-order valence-corrected chi connectivity index (χ2v) is 5.24. The number of carbonyl (C=O) groups is 3. The molecular formula is C14H14F2N2O3. The van der Waals surface area contributed by atoms with Crippen LogP contribution in [0.25, 0.3) is 0 Å². The largest absolute Gasteiger partial charge is 0.335 e. The van der Waals surface area contributed by atoms with Gasteiger partial charge in [0.25, 0.3) is 0 Å². The lowest BCUT2D eigenvalue weighted by Crippen LogP contribution is -2.59. The van der Waals surface area contributed by atoms with Gasteiger partial charge in [-0.1, -0.05) is 13.8 Å². The van der Waals surface area contributed by atoms with E-state index < -0.39 is 41.1 Å². The molecule has 2 rings (SSSR count). The van der Waals surface area contributed by atoms with Crippen molar-refractivity contribution < 1.29 is 23.2 Å². The topological polar surface area (TPSA) is 66.5 Å². The summed E-state index contributed by atoms with van der Waals surface area (Å²) in [5.74, 6) is -4.75. The van der Waals surface area contributed by atoms with E-state index in [1.165, 1.54) is 6.92 Å². The van der Waals surface area contributed by atoms with E-state index >= 15 is 0 Å². The van der Waals surface area contributed by atoms with Crippen LogP contribution < -0.4 is 10.2 Å². The van der Waals surface area contributed by atoms with Crippen molar-refractivity contribution >= 4 is 23.5 Å². The number of urea groups is 1. The molecule has 0 aliphatic carbocycles. The van der Waals surface area contributed by atoms with Gasteiger partial charge >= 0.3 is 6.03 Å². The molecule has 1 aromatic rings. The number of hydrogen-bond donors (Lipinski definition) is 1. The van der Waals surface area contributed by atoms with Crippen LogP contribution >= 0.6 is 0 Å². The quantitative estimate of drug-likeness (QED) is 0.850. The molecule has 1 heterocycles. The standard InChI is InChI=1S/C14H14F2N2O3/c1-6(2)11-12(19)17-14(21)18(13(11)20)10-5-8(15)7(3)4-9(10)16/h4-6,11H,1-3H3,(H,17,19,21). The number of halogens is 2. The van der Waals surface area contributed by atoms with Gasteiger partial charge in [0.1, 0.15) is 17.6 Å². The maximum atomic E-state index is 14.0. The average Bonchev–Trinajstić information content (AvgIpc) is 2.34. The van der Waals surface area contributed by atoms with Gasteiger partial charge in [-0.3, -0.25) is 14.9 Å². The summed E-state index contributed by atoms with van der Waals surface area (Å²) in [5, 5.41) is 1.99. The molecule has 0 bridgehead atoms. The van der Waals surface area contributed by atoms with E-state index in [4.69, 9.17) is 0 Å². The number of aryl methyl sites for hydroxylation is 1. The summed E-state index contributed by atoms with van der Waals surface area (Å²) < 4.78 is 27.6. The molecule has 21 heavy (non-hydrogen) atoms. The molecule has 0 radical (unpaired) electrons. The molecule has 0 saturated carbocycles. The van der Waals surface area contributed by atoms with Crippen LogP contribution in [0.2, 0.25) is 0 Å². The highest BCUT2D eigenvalue weighted by atomic mass is 19.1. The van der Waals surface area contributed by atoms with Crippen LogP contribution in [-0.4, -0.2) is 17.8 Å². The van der Waals surface area contributed by atoms with Crippen molar-refractivity contribution in [3.05, 3.63) is 29.3 Å². The number of rotatable bonds is 2. The highest BCUT2D eigenvalue weighted by Gasteiger charge is 2.43. The predicted molar refractivity (Wildman–Crippen MR) is 70.4 cm³/mol. The molecule has 1 aromatic carbocycles. The Morgan fingerprint density at radius 1 is 1.14 bits per heavy atom. The summed E-state index contributed by atoms with van der Waals surface area (Å²) in [7, 11) is 0. The zero-order valence-electron chi connectivity index (χ0n) is 11.7. The van der Waals surface area contributed by atoms with E-state index in [0.717, 1.165) is 12.1 Å². The molecule has 1 N–H and O–H groups in total. The fourth-order valence-electron chi connectivity index (χ4n) is 2.21. The number of barbiturate groups is 1. The molecule has 1 fully saturated rings. The van der Waals surface area contributed by atoms with Crippen LogP contribution in [0.5, 0.6) is 0 Å². The fourth-order valence-corrected chi connectivity index (χ4v) is 2.21. The van der Waals surface area contributed by atoms with Gasteiger partial charge in [0.15, 0.2) is 0 Å². The molecule has 5 nitrogen and oxygen atoms in total. The van der Waals surface area contributed by atoms with Crippen LogP contribution in [0.1, 0.15) is 19.4 Å². The van der Waals surface area contributed by atoms with Crippen LogP contribution in [0.4, 0.5) is 19.3 Å². The number of nitrogens with one attached hydrogen (secondary N) is 1. The van der Waals surface area contributed by atoms with Gasteiger partial charge in [0, 0.05) is 6.07 Å². The predicted octanol–water partition coefficient (Wildman–Crippen LogP) is 2.13. The Kier molecular flexibility index (Phi) is 3.76. The zero-order chi connectivity index (χ0) is 15.9. The highest BCUT2D eigenvalue weighted by Crippen LogP contribution is 2.28. The molecule has 0 aromatic heterocycles. The zero-order valence-corrected chi connectivity index (χ0v) is 11.7. The molecule has 1 unspecified atom stereocenters. The van der Waals surface area contributed by atoms with Crippen molar-refractivity contribution in [2.45, 2.75) is 20.8 Å². The summed E-state index contributed by atoms with van der Waals surface area (Å²) in [6.45, 7) is 4.62. The van der Waals surface area contributed by atoms with Crippen molar-refractivity contribution in [1.82, 2.24) is 5.32 Å². The first kappa shape index (κ1) is 15.1. The van der Waals surface area contributed by atoms with E-state index in [-0.39, 0.29) is 11.5 Å². The number of imide groups is 2. The molecule has 0 spiro atoms. The first-order valence-electron chi connectivity index (χ1n) is 6.38. The van der Waals surface area contributed by atoms with Crippen LogP contribution in [-0.2, 0) is 9.59 Å². The normalized spacial score (nSPS) is 19.2. The molecule has 4 amide bonds. The number of nitrogens with zero attached hydrogens (tertiary/aromatic N) is 1. The van der Waals surface area contributed by atoms with Gasteiger partial charge in [-0.05, 0) is 24.5 Å². The van der Waals surface area contributed by atoms with Crippen molar-refractivity contribution in [2.24, 2.45) is 11.8 Å². The van der Waals surface area contributed by atoms with Crippen LogP contribution in [0, 0.1) is 30.4 Å². The number of hydrogen-bond acceptors (Lipinski definition) is 3. The second-order valence-electron chi connectivity index (χ2n) is 5.24. The maximum Gasteiger partial charge on any atom is 0.335 e. The Labute approximate surface area is 119 Å². The van der Waals surface area contributed by atoms with Gasteiger partial charge in [-0.15, -0.1) is 0 Å². The minimum Gasteiger partial charge on any atom is -0.277 e. The Hall–Kier alpha value is -2.31. The third-order valence-corrected chi connectivity index (χ3v) is 3.34. The van der Waals surface area contributed by atoms with Crippen LogP contribution in [0.15, 0.2) is 12.1 Å². The second kappa shape index (κ2) is 5.23. The minimum atomic E-state index is -1.12. The van der Waals surface area contributed by atoms with E-state index in [1.54, 1.807) is 13.8 Å². The lowest BCUT2D eigenvalue weighted by atomic mass is 9.91. The number of anilines is 1. The molecule has 1 atom stereocenters. The van der Waals surface area contributed by atoms with Crippen molar-refractivity contribution in [3.63, 3.8) is 0 Å². The van der Waals surface area contributed by atoms with Gasteiger partial charge in [-0.25, -0.2) is 18.5 Å². The van der Waals surface area contributed by atoms with E-state index in [2.05, 4.69) is 0 Å². The average molecular weight is 296 g/mol. The first-order chi connectivity index (χ1) is 9.73. The number of benzene rings is 1. The molecule has 1 aliphatic rings. The Morgan fingerprint density at radius 2 is 1.76 bits per heavy atom. The number of amides is 4. The van der Waals surface area contributed by atoms with Gasteiger partial charge in [0.2, 0.25) is 11.8 Å². The Bertz CT molecular complexity index is 643. The highest BCUT2D eigenvalue weighted by molar-refractivity contribution is 6.27. The smallest absolute Gasteiger partial charge is 0.277 e. The third-order valence-electron chi connectivity index (χ3n) is 3.34. The van der Waals surface area contributed by atoms with Crippen molar-refractivity contribution in [1.29, 1.82) is 0 Å². The lowest BCUT2D eigenvalue weighted by molar-refractivity contribution is -0.136. The molecule has 112 valence electrons. The molecule has 1 saturated heterocycles. The van der Waals surface area contributed by atoms with Crippen LogP contribution in [0.3, 0.4) is 0 Å². The molecular weight excluding hydrogens is 282 g/mol. The summed E-state index contributed by atoms with van der Waals surface area (Å²) in [5.41, 5.74) is -0.448. The van der Waals surface area contributed by atoms with E-state index in [9.17, 15) is 23.2 Å². The third kappa shape index (κ3) is 2.51. The fraction of sp³-hybridized carbons (Fsp3) is 0.357. The van der Waals surface area contributed by atoms with Crippen molar-refractivity contribution in [3.8, 4) is 0 Å². The Balaban J connectivity index is 2.52. The number of carbonyl (C=O) groups excluding carboxylic acids is 3. The molecule has 1 aliphatic heterocycles. The molecule has 7 heteroatoms. The minimum absolute atomic E-state index is 0.0533. The van der Waals surface area contributed by atoms with Gasteiger partial charge < -0.3 is 0 Å². The Morgan fingerprint density at radius 3 is 2.33 bits per heavy atom. The first-order valence-corrected chi connectivity index (χ1v) is 6.38. The summed E-state index contributed by atoms with van der Waals surface area (Å²) in [6, 6.07) is 0.588. The van der Waals surface area contributed by atoms with Gasteiger partial charge in [0.05, 0.1) is 5.69 Å². The summed E-state index contributed by atoms with van der Waals surface area (Å²) >= 11 is 0. The van der Waals surface area contributed by atoms with Gasteiger partial charge in [-0.2, -0.15) is 0 Å². The van der Waals surface area contributed by atoms with Crippen molar-refractivity contribution in [2.75, 3.05) is 4.90 Å². The SMILES string of the molecule is Cc1cc(F)c(N2C(=O)NC(=O)C(C(C)C)C2=O)cc1F. The summed E-state index contributed by atoms with van der Waals surface area (Å²) in [4.78, 5) is 36.3. The monoisotopic (exact) mass is 296 g/mol. The van der Waals surface area contributed by atoms with E-state index in [0.29, 0.717) is 4.90 Å². The maximum absolute atomic E-state index is 14.0.